The number of aliphatic hydroxyl groups excluding tert-OH is 1. The second-order valence-electron chi connectivity index (χ2n) is 3.31. The highest BCUT2D eigenvalue weighted by atomic mass is 19.3. The predicted octanol–water partition coefficient (Wildman–Crippen LogP) is 1.69. The van der Waals surface area contributed by atoms with Gasteiger partial charge in [-0.3, -0.25) is 0 Å². The number of hydrogen-bond acceptors (Lipinski definition) is 3. The zero-order chi connectivity index (χ0) is 12.6. The van der Waals surface area contributed by atoms with Crippen LogP contribution in [0.1, 0.15) is 13.3 Å². The van der Waals surface area contributed by atoms with E-state index < -0.39 is 31.7 Å². The van der Waals surface area contributed by atoms with Crippen molar-refractivity contribution in [3.63, 3.8) is 0 Å². The van der Waals surface area contributed by atoms with Crippen LogP contribution in [0.4, 0.5) is 17.6 Å². The topological polar surface area (TPSA) is 38.7 Å². The van der Waals surface area contributed by atoms with Crippen LogP contribution in [-0.4, -0.2) is 50.0 Å². The lowest BCUT2D eigenvalue weighted by atomic mass is 10.3. The number of ether oxygens (including phenoxy) is 2. The number of rotatable bonds is 9. The Morgan fingerprint density at radius 2 is 1.75 bits per heavy atom. The minimum absolute atomic E-state index is 0.0614. The summed E-state index contributed by atoms with van der Waals surface area (Å²) in [6.07, 6.45) is -4.09. The Balaban J connectivity index is 3.57. The van der Waals surface area contributed by atoms with E-state index >= 15 is 0 Å². The molecule has 0 aromatic rings. The van der Waals surface area contributed by atoms with Gasteiger partial charge in [0.05, 0.1) is 13.2 Å². The molecule has 16 heavy (non-hydrogen) atoms. The Morgan fingerprint density at radius 1 is 1.19 bits per heavy atom. The Hall–Kier alpha value is -0.400. The van der Waals surface area contributed by atoms with Crippen LogP contribution in [0.3, 0.4) is 0 Å². The van der Waals surface area contributed by atoms with Crippen LogP contribution in [0.25, 0.3) is 0 Å². The Bertz CT molecular complexity index is 178. The van der Waals surface area contributed by atoms with Gasteiger partial charge >= 0.3 is 12.3 Å². The molecule has 0 spiro atoms. The van der Waals surface area contributed by atoms with Crippen molar-refractivity contribution in [3.8, 4) is 0 Å². The Labute approximate surface area is 91.3 Å². The van der Waals surface area contributed by atoms with E-state index in [1.165, 1.54) is 0 Å². The van der Waals surface area contributed by atoms with Crippen LogP contribution < -0.4 is 0 Å². The quantitative estimate of drug-likeness (QED) is 0.498. The molecule has 1 atom stereocenters. The summed E-state index contributed by atoms with van der Waals surface area (Å²) in [7, 11) is 0. The number of alkyl halides is 4. The molecule has 3 nitrogen and oxygen atoms in total. The zero-order valence-corrected chi connectivity index (χ0v) is 8.97. The first-order valence-electron chi connectivity index (χ1n) is 4.89. The maximum Gasteiger partial charge on any atom is 0.330 e. The molecule has 1 N–H and O–H groups in total. The van der Waals surface area contributed by atoms with Gasteiger partial charge in [-0.1, -0.05) is 6.92 Å². The van der Waals surface area contributed by atoms with Crippen LogP contribution in [0.2, 0.25) is 0 Å². The molecule has 0 radical (unpaired) electrons. The van der Waals surface area contributed by atoms with Crippen molar-refractivity contribution >= 4 is 0 Å². The number of aliphatic hydroxyl groups is 1. The lowest BCUT2D eigenvalue weighted by Crippen LogP contribution is -2.34. The van der Waals surface area contributed by atoms with Gasteiger partial charge in [0.2, 0.25) is 0 Å². The fraction of sp³-hybridized carbons (Fsp3) is 1.00. The molecule has 0 rings (SSSR count). The molecule has 98 valence electrons. The van der Waals surface area contributed by atoms with Crippen molar-refractivity contribution in [2.24, 2.45) is 0 Å². The molecule has 0 amide bonds. The van der Waals surface area contributed by atoms with Gasteiger partial charge in [-0.25, -0.2) is 8.78 Å². The van der Waals surface area contributed by atoms with Gasteiger partial charge in [-0.15, -0.1) is 0 Å². The van der Waals surface area contributed by atoms with Crippen LogP contribution in [0.5, 0.6) is 0 Å². The summed E-state index contributed by atoms with van der Waals surface area (Å²) in [6.45, 7) is 0.381. The first-order valence-corrected chi connectivity index (χ1v) is 4.89. The fourth-order valence-electron chi connectivity index (χ4n) is 0.806. The highest BCUT2D eigenvalue weighted by molar-refractivity contribution is 4.68. The minimum Gasteiger partial charge on any atom is -0.388 e. The van der Waals surface area contributed by atoms with Crippen LogP contribution in [0.15, 0.2) is 0 Å². The predicted molar refractivity (Wildman–Crippen MR) is 48.9 cm³/mol. The van der Waals surface area contributed by atoms with Crippen molar-refractivity contribution in [1.82, 2.24) is 0 Å². The Morgan fingerprint density at radius 3 is 2.25 bits per heavy atom. The molecule has 7 heteroatoms. The third-order valence-corrected chi connectivity index (χ3v) is 1.58. The lowest BCUT2D eigenvalue weighted by Gasteiger charge is -2.17. The fourth-order valence-corrected chi connectivity index (χ4v) is 0.806. The van der Waals surface area contributed by atoms with Crippen molar-refractivity contribution in [3.05, 3.63) is 0 Å². The summed E-state index contributed by atoms with van der Waals surface area (Å²) in [6, 6.07) is 0. The SMILES string of the molecule is CCCOCC(O)COCC(F)(F)C(F)F. The molecule has 0 heterocycles. The largest absolute Gasteiger partial charge is 0.388 e. The Kier molecular flexibility index (Phi) is 7.61. The van der Waals surface area contributed by atoms with E-state index in [2.05, 4.69) is 4.74 Å². The number of halogens is 4. The smallest absolute Gasteiger partial charge is 0.330 e. The van der Waals surface area contributed by atoms with E-state index in [9.17, 15) is 17.6 Å². The summed E-state index contributed by atoms with van der Waals surface area (Å²) in [5.74, 6) is -4.18. The summed E-state index contributed by atoms with van der Waals surface area (Å²) < 4.78 is 57.2. The van der Waals surface area contributed by atoms with Gasteiger partial charge < -0.3 is 14.6 Å². The highest BCUT2D eigenvalue weighted by Crippen LogP contribution is 2.22. The summed E-state index contributed by atoms with van der Waals surface area (Å²) in [5.41, 5.74) is 0. The third kappa shape index (κ3) is 6.97. The van der Waals surface area contributed by atoms with Gasteiger partial charge in [0, 0.05) is 6.61 Å². The van der Waals surface area contributed by atoms with Gasteiger partial charge in [0.1, 0.15) is 12.7 Å². The maximum absolute atomic E-state index is 12.3. The van der Waals surface area contributed by atoms with Gasteiger partial charge in [0.25, 0.3) is 0 Å². The molecule has 0 fully saturated rings. The van der Waals surface area contributed by atoms with Crippen LogP contribution >= 0.6 is 0 Å². The summed E-state index contributed by atoms with van der Waals surface area (Å²) in [4.78, 5) is 0. The van der Waals surface area contributed by atoms with E-state index in [0.29, 0.717) is 6.61 Å². The molecule has 0 bridgehead atoms. The van der Waals surface area contributed by atoms with Gasteiger partial charge in [0.15, 0.2) is 0 Å². The van der Waals surface area contributed by atoms with Crippen LogP contribution in [0, 0.1) is 0 Å². The molecular formula is C9H16F4O3. The molecule has 0 aromatic carbocycles. The third-order valence-electron chi connectivity index (χ3n) is 1.58. The first kappa shape index (κ1) is 15.6. The zero-order valence-electron chi connectivity index (χ0n) is 8.97. The van der Waals surface area contributed by atoms with Crippen molar-refractivity contribution in [2.45, 2.75) is 31.8 Å². The van der Waals surface area contributed by atoms with Crippen molar-refractivity contribution < 1.29 is 32.1 Å². The molecule has 0 aliphatic rings. The minimum atomic E-state index is -4.18. The van der Waals surface area contributed by atoms with Gasteiger partial charge in [-0.2, -0.15) is 8.78 Å². The highest BCUT2D eigenvalue weighted by Gasteiger charge is 2.41. The molecule has 0 aromatic heterocycles. The van der Waals surface area contributed by atoms with E-state index in [0.717, 1.165) is 6.42 Å². The molecule has 0 aliphatic heterocycles. The van der Waals surface area contributed by atoms with Crippen molar-refractivity contribution in [1.29, 1.82) is 0 Å². The standard InChI is InChI=1S/C9H16F4O3/c1-2-3-15-4-7(14)5-16-6-9(12,13)8(10)11/h7-8,14H,2-6H2,1H3. The maximum atomic E-state index is 12.3. The van der Waals surface area contributed by atoms with Crippen molar-refractivity contribution in [2.75, 3.05) is 26.4 Å². The average Bonchev–Trinajstić information content (AvgIpc) is 2.17. The lowest BCUT2D eigenvalue weighted by molar-refractivity contribution is -0.172. The molecule has 0 saturated carbocycles. The normalized spacial score (nSPS) is 14.4. The average molecular weight is 248 g/mol. The second-order valence-corrected chi connectivity index (χ2v) is 3.31. The van der Waals surface area contributed by atoms with E-state index in [1.54, 1.807) is 0 Å². The summed E-state index contributed by atoms with van der Waals surface area (Å²) >= 11 is 0. The summed E-state index contributed by atoms with van der Waals surface area (Å²) in [5, 5.41) is 9.13. The molecule has 0 aliphatic carbocycles. The molecular weight excluding hydrogens is 232 g/mol. The second kappa shape index (κ2) is 7.81. The van der Waals surface area contributed by atoms with E-state index in [4.69, 9.17) is 9.84 Å². The first-order chi connectivity index (χ1) is 7.40. The van der Waals surface area contributed by atoms with E-state index in [-0.39, 0.29) is 6.61 Å². The van der Waals surface area contributed by atoms with E-state index in [1.807, 2.05) is 6.92 Å². The van der Waals surface area contributed by atoms with Crippen LogP contribution in [-0.2, 0) is 9.47 Å². The monoisotopic (exact) mass is 248 g/mol. The molecule has 0 saturated heterocycles. The molecule has 1 unspecified atom stereocenters. The van der Waals surface area contributed by atoms with Gasteiger partial charge in [-0.05, 0) is 6.42 Å². The number of hydrogen-bond donors (Lipinski definition) is 1.